The van der Waals surface area contributed by atoms with Crippen LogP contribution in [0.25, 0.3) is 0 Å². The minimum absolute atomic E-state index is 0.119. The average Bonchev–Trinajstić information content (AvgIpc) is 3.04. The van der Waals surface area contributed by atoms with Crippen molar-refractivity contribution in [1.82, 2.24) is 14.7 Å². The molecule has 1 aliphatic carbocycles. The van der Waals surface area contributed by atoms with Crippen molar-refractivity contribution in [2.45, 2.75) is 45.6 Å². The molecule has 0 unspecified atom stereocenters. The number of fused-ring (bicyclic) bond motifs is 1. The van der Waals surface area contributed by atoms with E-state index in [1.54, 1.807) is 0 Å². The first kappa shape index (κ1) is 12.7. The van der Waals surface area contributed by atoms with Crippen molar-refractivity contribution >= 4 is 5.91 Å². The second-order valence-electron chi connectivity index (χ2n) is 6.29. The zero-order valence-corrected chi connectivity index (χ0v) is 11.9. The van der Waals surface area contributed by atoms with Crippen molar-refractivity contribution < 1.29 is 4.79 Å². The first-order valence-corrected chi connectivity index (χ1v) is 7.49. The van der Waals surface area contributed by atoms with Gasteiger partial charge in [-0.3, -0.25) is 9.48 Å². The lowest BCUT2D eigenvalue weighted by atomic mass is 9.82. The van der Waals surface area contributed by atoms with E-state index < -0.39 is 0 Å². The van der Waals surface area contributed by atoms with E-state index in [1.165, 1.54) is 25.7 Å². The van der Waals surface area contributed by atoms with Gasteiger partial charge in [0.15, 0.2) is 0 Å². The number of hydrogen-bond acceptors (Lipinski definition) is 2. The molecule has 19 heavy (non-hydrogen) atoms. The Morgan fingerprint density at radius 1 is 1.26 bits per heavy atom. The van der Waals surface area contributed by atoms with Crippen molar-refractivity contribution in [3.63, 3.8) is 0 Å². The van der Waals surface area contributed by atoms with E-state index in [4.69, 9.17) is 0 Å². The van der Waals surface area contributed by atoms with Crippen molar-refractivity contribution in [3.05, 3.63) is 18.0 Å². The SMILES string of the molecule is CC(C)n1ccc(C(=O)N2C[C@H]3CCCC[C@H]3C2)n1. The first-order chi connectivity index (χ1) is 9.15. The van der Waals surface area contributed by atoms with E-state index in [2.05, 4.69) is 18.9 Å². The van der Waals surface area contributed by atoms with Gasteiger partial charge in [-0.1, -0.05) is 12.8 Å². The van der Waals surface area contributed by atoms with E-state index in [0.717, 1.165) is 24.9 Å². The lowest BCUT2D eigenvalue weighted by molar-refractivity contribution is 0.0777. The van der Waals surface area contributed by atoms with Gasteiger partial charge < -0.3 is 4.90 Å². The number of hydrogen-bond donors (Lipinski definition) is 0. The predicted molar refractivity (Wildman–Crippen MR) is 74.0 cm³/mol. The van der Waals surface area contributed by atoms with Crippen LogP contribution in [0.3, 0.4) is 0 Å². The Morgan fingerprint density at radius 3 is 2.42 bits per heavy atom. The van der Waals surface area contributed by atoms with Gasteiger partial charge in [0.25, 0.3) is 5.91 Å². The van der Waals surface area contributed by atoms with Gasteiger partial charge >= 0.3 is 0 Å². The Kier molecular flexibility index (Phi) is 3.33. The maximum Gasteiger partial charge on any atom is 0.274 e. The Labute approximate surface area is 114 Å². The smallest absolute Gasteiger partial charge is 0.274 e. The average molecular weight is 261 g/mol. The Bertz CT molecular complexity index is 452. The molecule has 0 radical (unpaired) electrons. The van der Waals surface area contributed by atoms with Crippen molar-refractivity contribution in [1.29, 1.82) is 0 Å². The predicted octanol–water partition coefficient (Wildman–Crippen LogP) is 2.73. The molecule has 104 valence electrons. The van der Waals surface area contributed by atoms with Crippen LogP contribution in [0.2, 0.25) is 0 Å². The molecular formula is C15H23N3O. The number of rotatable bonds is 2. The highest BCUT2D eigenvalue weighted by Gasteiger charge is 2.37. The Balaban J connectivity index is 1.70. The Morgan fingerprint density at radius 2 is 1.89 bits per heavy atom. The molecular weight excluding hydrogens is 238 g/mol. The van der Waals surface area contributed by atoms with Crippen LogP contribution in [-0.2, 0) is 0 Å². The maximum absolute atomic E-state index is 12.5. The molecule has 1 aliphatic heterocycles. The van der Waals surface area contributed by atoms with Crippen LogP contribution in [0.4, 0.5) is 0 Å². The van der Waals surface area contributed by atoms with E-state index in [-0.39, 0.29) is 5.91 Å². The maximum atomic E-state index is 12.5. The summed E-state index contributed by atoms with van der Waals surface area (Å²) in [5, 5.41) is 4.40. The summed E-state index contributed by atoms with van der Waals surface area (Å²) in [6.45, 7) is 6.04. The summed E-state index contributed by atoms with van der Waals surface area (Å²) in [6.07, 6.45) is 7.18. The molecule has 2 fully saturated rings. The molecule has 1 aromatic heterocycles. The van der Waals surface area contributed by atoms with Gasteiger partial charge in [-0.05, 0) is 44.6 Å². The number of amides is 1. The van der Waals surface area contributed by atoms with Gasteiger partial charge in [-0.2, -0.15) is 5.10 Å². The summed E-state index contributed by atoms with van der Waals surface area (Å²) in [5.74, 6) is 1.60. The third-order valence-electron chi connectivity index (χ3n) is 4.62. The topological polar surface area (TPSA) is 38.1 Å². The highest BCUT2D eigenvalue weighted by Crippen LogP contribution is 2.36. The van der Waals surface area contributed by atoms with Crippen LogP contribution in [0.15, 0.2) is 12.3 Å². The van der Waals surface area contributed by atoms with Crippen molar-refractivity contribution in [2.75, 3.05) is 13.1 Å². The molecule has 0 spiro atoms. The normalized spacial score (nSPS) is 26.8. The van der Waals surface area contributed by atoms with Gasteiger partial charge in [-0.25, -0.2) is 0 Å². The molecule has 4 nitrogen and oxygen atoms in total. The highest BCUT2D eigenvalue weighted by molar-refractivity contribution is 5.92. The van der Waals surface area contributed by atoms with Gasteiger partial charge in [0.1, 0.15) is 5.69 Å². The van der Waals surface area contributed by atoms with Gasteiger partial charge in [0.2, 0.25) is 0 Å². The zero-order chi connectivity index (χ0) is 13.4. The largest absolute Gasteiger partial charge is 0.337 e. The van der Waals surface area contributed by atoms with Crippen LogP contribution in [0.5, 0.6) is 0 Å². The molecule has 2 atom stereocenters. The van der Waals surface area contributed by atoms with E-state index in [0.29, 0.717) is 11.7 Å². The quantitative estimate of drug-likeness (QED) is 0.821. The van der Waals surface area contributed by atoms with Crippen LogP contribution >= 0.6 is 0 Å². The summed E-state index contributed by atoms with van der Waals surface area (Å²) in [5.41, 5.74) is 0.604. The monoisotopic (exact) mass is 261 g/mol. The molecule has 0 aromatic carbocycles. The van der Waals surface area contributed by atoms with Crippen molar-refractivity contribution in [2.24, 2.45) is 11.8 Å². The summed E-state index contributed by atoms with van der Waals surface area (Å²) in [7, 11) is 0. The minimum atomic E-state index is 0.119. The fraction of sp³-hybridized carbons (Fsp3) is 0.733. The molecule has 1 saturated heterocycles. The molecule has 4 heteroatoms. The van der Waals surface area contributed by atoms with Gasteiger partial charge in [0.05, 0.1) is 0 Å². The molecule has 0 N–H and O–H groups in total. The van der Waals surface area contributed by atoms with E-state index in [9.17, 15) is 4.79 Å². The lowest BCUT2D eigenvalue weighted by Gasteiger charge is -2.22. The number of nitrogens with zero attached hydrogens (tertiary/aromatic N) is 3. The summed E-state index contributed by atoms with van der Waals surface area (Å²) >= 11 is 0. The molecule has 0 bridgehead atoms. The van der Waals surface area contributed by atoms with Crippen LogP contribution < -0.4 is 0 Å². The van der Waals surface area contributed by atoms with Crippen LogP contribution in [0.1, 0.15) is 56.1 Å². The number of carbonyl (C=O) groups excluding carboxylic acids is 1. The summed E-state index contributed by atoms with van der Waals surface area (Å²) in [4.78, 5) is 14.5. The minimum Gasteiger partial charge on any atom is -0.337 e. The summed E-state index contributed by atoms with van der Waals surface area (Å²) in [6, 6.07) is 2.16. The van der Waals surface area contributed by atoms with E-state index in [1.807, 2.05) is 21.8 Å². The number of carbonyl (C=O) groups is 1. The number of likely N-dealkylation sites (tertiary alicyclic amines) is 1. The summed E-state index contributed by atoms with van der Waals surface area (Å²) < 4.78 is 1.86. The molecule has 2 aliphatic rings. The molecule has 1 saturated carbocycles. The molecule has 1 amide bonds. The zero-order valence-electron chi connectivity index (χ0n) is 11.9. The molecule has 1 aromatic rings. The first-order valence-electron chi connectivity index (χ1n) is 7.49. The lowest BCUT2D eigenvalue weighted by Crippen LogP contribution is -2.29. The van der Waals surface area contributed by atoms with Gasteiger partial charge in [-0.15, -0.1) is 0 Å². The molecule has 2 heterocycles. The second kappa shape index (κ2) is 4.99. The van der Waals surface area contributed by atoms with Crippen LogP contribution in [-0.4, -0.2) is 33.7 Å². The Hall–Kier alpha value is -1.32. The fourth-order valence-electron chi connectivity index (χ4n) is 3.47. The molecule has 3 rings (SSSR count). The van der Waals surface area contributed by atoms with Crippen molar-refractivity contribution in [3.8, 4) is 0 Å². The third kappa shape index (κ3) is 2.40. The highest BCUT2D eigenvalue weighted by atomic mass is 16.2. The van der Waals surface area contributed by atoms with Gasteiger partial charge in [0, 0.05) is 25.3 Å². The number of aromatic nitrogens is 2. The van der Waals surface area contributed by atoms with Crippen LogP contribution in [0, 0.1) is 11.8 Å². The standard InChI is InChI=1S/C15H23N3O/c1-11(2)18-8-7-14(16-18)15(19)17-9-12-5-3-4-6-13(12)10-17/h7-8,11-13H,3-6,9-10H2,1-2H3/t12-,13+. The second-order valence-corrected chi connectivity index (χ2v) is 6.29. The van der Waals surface area contributed by atoms with E-state index >= 15 is 0 Å². The third-order valence-corrected chi connectivity index (χ3v) is 4.62. The fourth-order valence-corrected chi connectivity index (χ4v) is 3.47.